The fraction of sp³-hybridized carbons (Fsp3) is 0.333. The second-order valence-electron chi connectivity index (χ2n) is 6.87. The Balaban J connectivity index is 1.71. The maximum absolute atomic E-state index is 12.8. The van der Waals surface area contributed by atoms with Crippen molar-refractivity contribution >= 4 is 23.6 Å². The lowest BCUT2D eigenvalue weighted by Gasteiger charge is -2.28. The highest BCUT2D eigenvalue weighted by atomic mass is 16.5. The summed E-state index contributed by atoms with van der Waals surface area (Å²) in [7, 11) is 1.69. The third-order valence-electron chi connectivity index (χ3n) is 4.72. The van der Waals surface area contributed by atoms with Crippen molar-refractivity contribution in [3.63, 3.8) is 0 Å². The number of hydrogen-bond acceptors (Lipinski definition) is 6. The number of nitrogen functional groups attached to an aromatic ring is 1. The van der Waals surface area contributed by atoms with Crippen molar-refractivity contribution in [2.45, 2.75) is 19.9 Å². The van der Waals surface area contributed by atoms with Crippen LogP contribution in [0.4, 0.5) is 5.82 Å². The molecule has 0 fully saturated rings. The molecule has 1 aromatic carbocycles. The van der Waals surface area contributed by atoms with E-state index in [4.69, 9.17) is 10.5 Å². The van der Waals surface area contributed by atoms with Crippen molar-refractivity contribution in [1.29, 1.82) is 0 Å². The van der Waals surface area contributed by atoms with Crippen LogP contribution < -0.4 is 5.73 Å². The summed E-state index contributed by atoms with van der Waals surface area (Å²) in [5.74, 6) is -0.412. The van der Waals surface area contributed by atoms with Crippen molar-refractivity contribution in [3.05, 3.63) is 58.8 Å². The van der Waals surface area contributed by atoms with Crippen LogP contribution >= 0.6 is 0 Å². The van der Waals surface area contributed by atoms with Gasteiger partial charge in [-0.1, -0.05) is 6.07 Å². The summed E-state index contributed by atoms with van der Waals surface area (Å²) in [5, 5.41) is 0. The van der Waals surface area contributed by atoms with E-state index in [0.29, 0.717) is 42.1 Å². The molecule has 2 amide bonds. The lowest BCUT2D eigenvalue weighted by Crippen LogP contribution is -2.41. The Morgan fingerprint density at radius 3 is 2.79 bits per heavy atom. The van der Waals surface area contributed by atoms with E-state index in [2.05, 4.69) is 4.98 Å². The maximum Gasteiger partial charge on any atom is 0.325 e. The van der Waals surface area contributed by atoms with Gasteiger partial charge in [-0.05, 0) is 49.2 Å². The number of pyridine rings is 1. The molecule has 0 radical (unpaired) electrons. The molecule has 8 nitrogen and oxygen atoms in total. The topological polar surface area (TPSA) is 106 Å². The van der Waals surface area contributed by atoms with Crippen molar-refractivity contribution in [3.8, 4) is 0 Å². The van der Waals surface area contributed by atoms with E-state index in [-0.39, 0.29) is 25.0 Å². The Kier molecular flexibility index (Phi) is 6.11. The molecule has 2 aromatic rings. The molecular formula is C21H24N4O4. The predicted molar refractivity (Wildman–Crippen MR) is 107 cm³/mol. The number of aromatic nitrogens is 1. The van der Waals surface area contributed by atoms with Crippen molar-refractivity contribution < 1.29 is 19.1 Å². The molecule has 2 heterocycles. The second-order valence-corrected chi connectivity index (χ2v) is 6.87. The van der Waals surface area contributed by atoms with Crippen LogP contribution in [0.25, 0.3) is 0 Å². The molecule has 1 aromatic heterocycles. The fourth-order valence-corrected chi connectivity index (χ4v) is 3.30. The number of hydrogen-bond donors (Lipinski definition) is 1. The van der Waals surface area contributed by atoms with Gasteiger partial charge in [0.25, 0.3) is 11.8 Å². The molecule has 1 aliphatic rings. The Hall–Kier alpha value is -3.42. The molecule has 29 heavy (non-hydrogen) atoms. The van der Waals surface area contributed by atoms with Crippen LogP contribution in [0.15, 0.2) is 36.4 Å². The van der Waals surface area contributed by atoms with Gasteiger partial charge in [0.05, 0.1) is 18.8 Å². The summed E-state index contributed by atoms with van der Waals surface area (Å²) >= 11 is 0. The quantitative estimate of drug-likeness (QED) is 0.742. The molecule has 3 rings (SSSR count). The molecule has 1 aliphatic heterocycles. The molecule has 0 saturated heterocycles. The van der Waals surface area contributed by atoms with E-state index < -0.39 is 5.97 Å². The van der Waals surface area contributed by atoms with E-state index >= 15 is 0 Å². The average molecular weight is 396 g/mol. The first-order chi connectivity index (χ1) is 13.9. The van der Waals surface area contributed by atoms with Gasteiger partial charge in [0, 0.05) is 24.7 Å². The Morgan fingerprint density at radius 1 is 1.28 bits per heavy atom. The zero-order valence-corrected chi connectivity index (χ0v) is 16.6. The van der Waals surface area contributed by atoms with Crippen LogP contribution in [0.3, 0.4) is 0 Å². The maximum atomic E-state index is 12.8. The van der Waals surface area contributed by atoms with Gasteiger partial charge in [-0.2, -0.15) is 0 Å². The fourth-order valence-electron chi connectivity index (χ4n) is 3.30. The molecule has 0 saturated carbocycles. The van der Waals surface area contributed by atoms with Crippen LogP contribution in [0.1, 0.15) is 38.9 Å². The molecule has 152 valence electrons. The Bertz CT molecular complexity index is 944. The van der Waals surface area contributed by atoms with Gasteiger partial charge in [-0.3, -0.25) is 14.4 Å². The van der Waals surface area contributed by atoms with Crippen LogP contribution in [0.5, 0.6) is 0 Å². The van der Waals surface area contributed by atoms with Crippen LogP contribution in [0, 0.1) is 0 Å². The number of nitrogens with zero attached hydrogens (tertiary/aromatic N) is 3. The number of ether oxygens (including phenoxy) is 1. The van der Waals surface area contributed by atoms with E-state index in [1.807, 2.05) is 6.07 Å². The van der Waals surface area contributed by atoms with E-state index in [0.717, 1.165) is 5.56 Å². The SMILES string of the molecule is CCOC(=O)CN1CCc2cc(C(=O)N(C)Cc3cccc(N)n3)ccc2C1=O. The number of benzene rings is 1. The van der Waals surface area contributed by atoms with Crippen molar-refractivity contribution in [2.24, 2.45) is 0 Å². The largest absolute Gasteiger partial charge is 0.465 e. The number of esters is 1. The van der Waals surface area contributed by atoms with Gasteiger partial charge in [-0.25, -0.2) is 4.98 Å². The minimum Gasteiger partial charge on any atom is -0.465 e. The van der Waals surface area contributed by atoms with Gasteiger partial charge in [0.1, 0.15) is 12.4 Å². The first kappa shape index (κ1) is 20.3. The minimum atomic E-state index is -0.423. The lowest BCUT2D eigenvalue weighted by molar-refractivity contribution is -0.143. The molecule has 2 N–H and O–H groups in total. The highest BCUT2D eigenvalue weighted by Gasteiger charge is 2.27. The second kappa shape index (κ2) is 8.72. The summed E-state index contributed by atoms with van der Waals surface area (Å²) in [5.41, 5.74) is 8.20. The summed E-state index contributed by atoms with van der Waals surface area (Å²) in [6, 6.07) is 10.3. The lowest BCUT2D eigenvalue weighted by atomic mass is 9.96. The highest BCUT2D eigenvalue weighted by Crippen LogP contribution is 2.21. The van der Waals surface area contributed by atoms with Crippen LogP contribution in [0.2, 0.25) is 0 Å². The first-order valence-corrected chi connectivity index (χ1v) is 9.43. The summed E-state index contributed by atoms with van der Waals surface area (Å²) in [4.78, 5) is 44.4. The van der Waals surface area contributed by atoms with E-state index in [1.54, 1.807) is 49.2 Å². The molecule has 0 aliphatic carbocycles. The molecule has 8 heteroatoms. The number of carbonyl (C=O) groups excluding carboxylic acids is 3. The van der Waals surface area contributed by atoms with Gasteiger partial charge >= 0.3 is 5.97 Å². The number of fused-ring (bicyclic) bond motifs is 1. The van der Waals surface area contributed by atoms with Crippen LogP contribution in [-0.2, 0) is 22.5 Å². The Labute approximate surface area is 169 Å². The standard InChI is InChI=1S/C21H24N4O4/c1-3-29-19(26)13-25-10-9-14-11-15(7-8-17(14)21(25)28)20(27)24(2)12-16-5-4-6-18(22)23-16/h4-8,11H,3,9-10,12-13H2,1-2H3,(H2,22,23). The third kappa shape index (κ3) is 4.71. The number of rotatable bonds is 6. The predicted octanol–water partition coefficient (Wildman–Crippen LogP) is 1.50. The van der Waals surface area contributed by atoms with Gasteiger partial charge in [0.2, 0.25) is 0 Å². The zero-order chi connectivity index (χ0) is 21.0. The Morgan fingerprint density at radius 2 is 2.07 bits per heavy atom. The number of carbonyl (C=O) groups is 3. The highest BCUT2D eigenvalue weighted by molar-refractivity contribution is 6.00. The summed E-state index contributed by atoms with van der Waals surface area (Å²) < 4.78 is 4.92. The van der Waals surface area contributed by atoms with Gasteiger partial charge in [-0.15, -0.1) is 0 Å². The molecule has 0 unspecified atom stereocenters. The monoisotopic (exact) mass is 396 g/mol. The molecule has 0 atom stereocenters. The number of amides is 2. The average Bonchev–Trinajstić information content (AvgIpc) is 2.69. The summed E-state index contributed by atoms with van der Waals surface area (Å²) in [6.07, 6.45) is 0.572. The zero-order valence-electron chi connectivity index (χ0n) is 16.6. The van der Waals surface area contributed by atoms with Gasteiger partial charge in [0.15, 0.2) is 0 Å². The molecule has 0 spiro atoms. The third-order valence-corrected chi connectivity index (χ3v) is 4.72. The normalized spacial score (nSPS) is 13.0. The smallest absolute Gasteiger partial charge is 0.325 e. The van der Waals surface area contributed by atoms with Gasteiger partial charge < -0.3 is 20.3 Å². The number of nitrogens with two attached hydrogens (primary N) is 1. The summed E-state index contributed by atoms with van der Waals surface area (Å²) in [6.45, 7) is 2.67. The number of anilines is 1. The first-order valence-electron chi connectivity index (χ1n) is 9.43. The van der Waals surface area contributed by atoms with Crippen LogP contribution in [-0.4, -0.2) is 59.3 Å². The van der Waals surface area contributed by atoms with Crippen molar-refractivity contribution in [1.82, 2.24) is 14.8 Å². The van der Waals surface area contributed by atoms with E-state index in [1.165, 1.54) is 4.90 Å². The minimum absolute atomic E-state index is 0.0667. The molecular weight excluding hydrogens is 372 g/mol. The van der Waals surface area contributed by atoms with E-state index in [9.17, 15) is 14.4 Å². The van der Waals surface area contributed by atoms with Crippen molar-refractivity contribution in [2.75, 3.05) is 32.5 Å². The molecule has 0 bridgehead atoms.